The van der Waals surface area contributed by atoms with Crippen LogP contribution in [0, 0.1) is 5.92 Å². The number of carbonyl (C=O) groups excluding carboxylic acids is 1. The molecule has 1 aliphatic rings. The van der Waals surface area contributed by atoms with Crippen molar-refractivity contribution >= 4 is 21.8 Å². The highest BCUT2D eigenvalue weighted by Gasteiger charge is 2.21. The van der Waals surface area contributed by atoms with Crippen LogP contribution in [-0.2, 0) is 4.79 Å². The van der Waals surface area contributed by atoms with Gasteiger partial charge >= 0.3 is 0 Å². The van der Waals surface area contributed by atoms with Gasteiger partial charge in [-0.3, -0.25) is 4.79 Å². The molecule has 1 atom stereocenters. The molecule has 3 N–H and O–H groups in total. The van der Waals surface area contributed by atoms with Gasteiger partial charge in [-0.1, -0.05) is 12.1 Å². The highest BCUT2D eigenvalue weighted by molar-refractivity contribution is 9.10. The number of hydrogen-bond acceptors (Lipinski definition) is 4. The average Bonchev–Trinajstić information content (AvgIpc) is 2.52. The molecule has 1 amide bonds. The SMILES string of the molecule is O=C(NC[C@H](O)COc1ccccc1Br)C1CCNCC1. The van der Waals surface area contributed by atoms with Crippen molar-refractivity contribution < 1.29 is 14.6 Å². The van der Waals surface area contributed by atoms with Crippen LogP contribution in [0.1, 0.15) is 12.8 Å². The van der Waals surface area contributed by atoms with E-state index in [4.69, 9.17) is 4.74 Å². The fraction of sp³-hybridized carbons (Fsp3) is 0.533. The molecule has 0 spiro atoms. The molecule has 0 aromatic heterocycles. The Bertz CT molecular complexity index is 464. The summed E-state index contributed by atoms with van der Waals surface area (Å²) in [5.74, 6) is 0.764. The van der Waals surface area contributed by atoms with Crippen molar-refractivity contribution in [2.45, 2.75) is 18.9 Å². The maximum atomic E-state index is 11.9. The van der Waals surface area contributed by atoms with E-state index in [0.717, 1.165) is 30.4 Å². The lowest BCUT2D eigenvalue weighted by molar-refractivity contribution is -0.126. The molecular formula is C15H21BrN2O3. The van der Waals surface area contributed by atoms with E-state index < -0.39 is 6.10 Å². The topological polar surface area (TPSA) is 70.6 Å². The molecule has 1 aromatic carbocycles. The lowest BCUT2D eigenvalue weighted by Crippen LogP contribution is -2.42. The molecule has 6 heteroatoms. The van der Waals surface area contributed by atoms with Crippen LogP contribution in [0.15, 0.2) is 28.7 Å². The number of nitrogens with one attached hydrogen (secondary N) is 2. The van der Waals surface area contributed by atoms with Crippen LogP contribution in [0.5, 0.6) is 5.75 Å². The summed E-state index contributed by atoms with van der Waals surface area (Å²) in [5.41, 5.74) is 0. The lowest BCUT2D eigenvalue weighted by atomic mass is 9.97. The van der Waals surface area contributed by atoms with Gasteiger partial charge in [0.15, 0.2) is 0 Å². The van der Waals surface area contributed by atoms with Crippen LogP contribution in [0.3, 0.4) is 0 Å². The molecule has 0 radical (unpaired) electrons. The summed E-state index contributed by atoms with van der Waals surface area (Å²) >= 11 is 3.38. The fourth-order valence-electron chi connectivity index (χ4n) is 2.25. The van der Waals surface area contributed by atoms with Gasteiger partial charge in [0.1, 0.15) is 18.5 Å². The number of amides is 1. The van der Waals surface area contributed by atoms with Gasteiger partial charge in [-0.2, -0.15) is 0 Å². The second-order valence-corrected chi connectivity index (χ2v) is 6.02. The van der Waals surface area contributed by atoms with E-state index in [-0.39, 0.29) is 25.0 Å². The molecule has 1 fully saturated rings. The van der Waals surface area contributed by atoms with Crippen LogP contribution in [-0.4, -0.2) is 43.4 Å². The van der Waals surface area contributed by atoms with Crippen molar-refractivity contribution in [3.05, 3.63) is 28.7 Å². The van der Waals surface area contributed by atoms with Crippen LogP contribution < -0.4 is 15.4 Å². The molecule has 1 aliphatic heterocycles. The molecule has 0 bridgehead atoms. The highest BCUT2D eigenvalue weighted by atomic mass is 79.9. The smallest absolute Gasteiger partial charge is 0.223 e. The van der Waals surface area contributed by atoms with Gasteiger partial charge < -0.3 is 20.5 Å². The van der Waals surface area contributed by atoms with Gasteiger partial charge in [-0.25, -0.2) is 0 Å². The van der Waals surface area contributed by atoms with E-state index in [1.807, 2.05) is 24.3 Å². The van der Waals surface area contributed by atoms with Gasteiger partial charge in [0.05, 0.1) is 4.47 Å². The number of carbonyl (C=O) groups is 1. The molecule has 0 unspecified atom stereocenters. The molecule has 116 valence electrons. The summed E-state index contributed by atoms with van der Waals surface area (Å²) in [6.07, 6.45) is 0.993. The third kappa shape index (κ3) is 5.30. The fourth-order valence-corrected chi connectivity index (χ4v) is 2.65. The van der Waals surface area contributed by atoms with E-state index in [2.05, 4.69) is 26.6 Å². The summed E-state index contributed by atoms with van der Waals surface area (Å²) in [6.45, 7) is 2.12. The van der Waals surface area contributed by atoms with E-state index >= 15 is 0 Å². The molecule has 5 nitrogen and oxygen atoms in total. The van der Waals surface area contributed by atoms with Crippen LogP contribution >= 0.6 is 15.9 Å². The van der Waals surface area contributed by atoms with Crippen LogP contribution in [0.4, 0.5) is 0 Å². The Morgan fingerprint density at radius 3 is 2.86 bits per heavy atom. The maximum absolute atomic E-state index is 11.9. The predicted molar refractivity (Wildman–Crippen MR) is 84.2 cm³/mol. The number of piperidine rings is 1. The van der Waals surface area contributed by atoms with Crippen molar-refractivity contribution in [3.63, 3.8) is 0 Å². The minimum Gasteiger partial charge on any atom is -0.490 e. The molecular weight excluding hydrogens is 336 g/mol. The number of halogens is 1. The van der Waals surface area contributed by atoms with Gasteiger partial charge in [0.25, 0.3) is 0 Å². The molecule has 2 rings (SSSR count). The number of para-hydroxylation sites is 1. The zero-order chi connectivity index (χ0) is 15.1. The second-order valence-electron chi connectivity index (χ2n) is 5.16. The molecule has 21 heavy (non-hydrogen) atoms. The monoisotopic (exact) mass is 356 g/mol. The van der Waals surface area contributed by atoms with Crippen molar-refractivity contribution in [2.75, 3.05) is 26.2 Å². The molecule has 0 aliphatic carbocycles. The summed E-state index contributed by atoms with van der Waals surface area (Å²) in [6, 6.07) is 7.46. The molecule has 0 saturated carbocycles. The highest BCUT2D eigenvalue weighted by Crippen LogP contribution is 2.23. The normalized spacial score (nSPS) is 17.2. The number of hydrogen-bond donors (Lipinski definition) is 3. The first-order valence-electron chi connectivity index (χ1n) is 7.20. The summed E-state index contributed by atoms with van der Waals surface area (Å²) < 4.78 is 6.36. The largest absolute Gasteiger partial charge is 0.490 e. The Hall–Kier alpha value is -1.11. The summed E-state index contributed by atoms with van der Waals surface area (Å²) in [4.78, 5) is 11.9. The first-order valence-corrected chi connectivity index (χ1v) is 8.00. The Morgan fingerprint density at radius 1 is 1.43 bits per heavy atom. The van der Waals surface area contributed by atoms with Crippen molar-refractivity contribution in [1.29, 1.82) is 0 Å². The average molecular weight is 357 g/mol. The van der Waals surface area contributed by atoms with Gasteiger partial charge in [-0.05, 0) is 54.0 Å². The zero-order valence-corrected chi connectivity index (χ0v) is 13.4. The third-order valence-corrected chi connectivity index (χ3v) is 4.14. The first kappa shape index (κ1) is 16.3. The number of aliphatic hydroxyl groups is 1. The first-order chi connectivity index (χ1) is 10.2. The minimum absolute atomic E-state index is 0.0245. The van der Waals surface area contributed by atoms with Crippen molar-refractivity contribution in [1.82, 2.24) is 10.6 Å². The third-order valence-electron chi connectivity index (χ3n) is 3.49. The van der Waals surface area contributed by atoms with E-state index in [9.17, 15) is 9.90 Å². The zero-order valence-electron chi connectivity index (χ0n) is 11.8. The van der Waals surface area contributed by atoms with Gasteiger partial charge in [-0.15, -0.1) is 0 Å². The van der Waals surface area contributed by atoms with Crippen LogP contribution in [0.2, 0.25) is 0 Å². The van der Waals surface area contributed by atoms with E-state index in [0.29, 0.717) is 5.75 Å². The number of ether oxygens (including phenoxy) is 1. The lowest BCUT2D eigenvalue weighted by Gasteiger charge is -2.22. The van der Waals surface area contributed by atoms with Crippen molar-refractivity contribution in [3.8, 4) is 5.75 Å². The number of rotatable bonds is 6. The molecule has 1 saturated heterocycles. The number of benzene rings is 1. The summed E-state index contributed by atoms with van der Waals surface area (Å²) in [7, 11) is 0. The van der Waals surface area contributed by atoms with Crippen LogP contribution in [0.25, 0.3) is 0 Å². The Morgan fingerprint density at radius 2 is 2.14 bits per heavy atom. The van der Waals surface area contributed by atoms with E-state index in [1.165, 1.54) is 0 Å². The second kappa shape index (κ2) is 8.36. The van der Waals surface area contributed by atoms with Gasteiger partial charge in [0, 0.05) is 12.5 Å². The standard InChI is InChI=1S/C15H21BrN2O3/c16-13-3-1-2-4-14(13)21-10-12(19)9-18-15(20)11-5-7-17-8-6-11/h1-4,11-12,17,19H,5-10H2,(H,18,20)/t12-/m0/s1. The Balaban J connectivity index is 1.68. The quantitative estimate of drug-likeness (QED) is 0.718. The Kier molecular flexibility index (Phi) is 6.48. The molecule has 1 aromatic rings. The van der Waals surface area contributed by atoms with Crippen molar-refractivity contribution in [2.24, 2.45) is 5.92 Å². The van der Waals surface area contributed by atoms with Gasteiger partial charge in [0.2, 0.25) is 5.91 Å². The Labute approximate surface area is 133 Å². The van der Waals surface area contributed by atoms with E-state index in [1.54, 1.807) is 0 Å². The maximum Gasteiger partial charge on any atom is 0.223 e. The number of aliphatic hydroxyl groups excluding tert-OH is 1. The summed E-state index contributed by atoms with van der Waals surface area (Å²) in [5, 5.41) is 15.9. The minimum atomic E-state index is -0.720. The predicted octanol–water partition coefficient (Wildman–Crippen LogP) is 1.30. The molecule has 1 heterocycles.